The standard InChI is InChI=1S/C22H23N5O2S/c28-21(26-11-13-29-14-12-26)19(16-5-2-1-3-6-16)30-22-25-24-20(27(22)18-8-9-18)17-7-4-10-23-15-17/h1-7,10,15,18-19H,8-9,11-14H2/t19-/m1/s1. The van der Waals surface area contributed by atoms with Gasteiger partial charge in [-0.05, 0) is 30.5 Å². The fraction of sp³-hybridized carbons (Fsp3) is 0.364. The second kappa shape index (κ2) is 8.57. The highest BCUT2D eigenvalue weighted by atomic mass is 32.2. The summed E-state index contributed by atoms with van der Waals surface area (Å²) in [5.74, 6) is 0.918. The Labute approximate surface area is 179 Å². The third kappa shape index (κ3) is 3.97. The van der Waals surface area contributed by atoms with E-state index < -0.39 is 0 Å². The lowest BCUT2D eigenvalue weighted by molar-refractivity contribution is -0.134. The third-order valence-corrected chi connectivity index (χ3v) is 6.57. The average molecular weight is 422 g/mol. The van der Waals surface area contributed by atoms with Crippen molar-refractivity contribution >= 4 is 17.7 Å². The number of amides is 1. The summed E-state index contributed by atoms with van der Waals surface area (Å²) in [5, 5.41) is 9.39. The van der Waals surface area contributed by atoms with Crippen molar-refractivity contribution in [3.05, 3.63) is 60.4 Å². The monoisotopic (exact) mass is 421 g/mol. The number of carbonyl (C=O) groups excluding carboxylic acids is 1. The number of thioether (sulfide) groups is 1. The van der Waals surface area contributed by atoms with Gasteiger partial charge in [-0.15, -0.1) is 10.2 Å². The number of morpholine rings is 1. The first-order chi connectivity index (χ1) is 14.8. The topological polar surface area (TPSA) is 73.1 Å². The van der Waals surface area contributed by atoms with Crippen LogP contribution in [0.5, 0.6) is 0 Å². The highest BCUT2D eigenvalue weighted by Gasteiger charge is 2.34. The predicted molar refractivity (Wildman–Crippen MR) is 114 cm³/mol. The summed E-state index contributed by atoms with van der Waals surface area (Å²) in [6.45, 7) is 2.42. The maximum Gasteiger partial charge on any atom is 0.240 e. The summed E-state index contributed by atoms with van der Waals surface area (Å²) in [6, 6.07) is 14.2. The summed E-state index contributed by atoms with van der Waals surface area (Å²) in [5.41, 5.74) is 1.92. The van der Waals surface area contributed by atoms with Gasteiger partial charge >= 0.3 is 0 Å². The molecular formula is C22H23N5O2S. The van der Waals surface area contributed by atoms with E-state index in [-0.39, 0.29) is 11.2 Å². The molecule has 1 amide bonds. The molecule has 3 aromatic rings. The summed E-state index contributed by atoms with van der Waals surface area (Å²) in [7, 11) is 0. The molecule has 3 heterocycles. The molecule has 2 aliphatic rings. The van der Waals surface area contributed by atoms with E-state index in [2.05, 4.69) is 19.7 Å². The van der Waals surface area contributed by atoms with Crippen molar-refractivity contribution in [1.82, 2.24) is 24.6 Å². The molecule has 30 heavy (non-hydrogen) atoms. The Bertz CT molecular complexity index is 1000. The van der Waals surface area contributed by atoms with Gasteiger partial charge in [0, 0.05) is 37.1 Å². The Morgan fingerprint density at radius 1 is 1.07 bits per heavy atom. The van der Waals surface area contributed by atoms with E-state index in [0.29, 0.717) is 32.3 Å². The van der Waals surface area contributed by atoms with Crippen LogP contribution in [0.1, 0.15) is 29.7 Å². The Balaban J connectivity index is 1.49. The zero-order valence-electron chi connectivity index (χ0n) is 16.6. The van der Waals surface area contributed by atoms with Gasteiger partial charge in [0.05, 0.1) is 13.2 Å². The van der Waals surface area contributed by atoms with Crippen molar-refractivity contribution < 1.29 is 9.53 Å². The van der Waals surface area contributed by atoms with E-state index in [1.807, 2.05) is 53.6 Å². The van der Waals surface area contributed by atoms with Gasteiger partial charge in [0.25, 0.3) is 0 Å². The smallest absolute Gasteiger partial charge is 0.240 e. The molecular weight excluding hydrogens is 398 g/mol. The Morgan fingerprint density at radius 3 is 2.57 bits per heavy atom. The van der Waals surface area contributed by atoms with Crippen LogP contribution in [0, 0.1) is 0 Å². The van der Waals surface area contributed by atoms with Gasteiger partial charge in [-0.25, -0.2) is 0 Å². The second-order valence-corrected chi connectivity index (χ2v) is 8.57. The highest BCUT2D eigenvalue weighted by Crippen LogP contribution is 2.44. The maximum absolute atomic E-state index is 13.5. The van der Waals surface area contributed by atoms with Crippen LogP contribution < -0.4 is 0 Å². The first-order valence-electron chi connectivity index (χ1n) is 10.2. The van der Waals surface area contributed by atoms with Crippen LogP contribution in [0.4, 0.5) is 0 Å². The average Bonchev–Trinajstić information content (AvgIpc) is 3.58. The number of rotatable bonds is 6. The Morgan fingerprint density at radius 2 is 1.87 bits per heavy atom. The zero-order chi connectivity index (χ0) is 20.3. The molecule has 1 aromatic carbocycles. The van der Waals surface area contributed by atoms with E-state index >= 15 is 0 Å². The molecule has 8 heteroatoms. The van der Waals surface area contributed by atoms with Crippen molar-refractivity contribution in [2.75, 3.05) is 26.3 Å². The zero-order valence-corrected chi connectivity index (χ0v) is 17.4. The van der Waals surface area contributed by atoms with Crippen LogP contribution in [0.25, 0.3) is 11.4 Å². The number of benzene rings is 1. The van der Waals surface area contributed by atoms with Crippen LogP contribution in [0.3, 0.4) is 0 Å². The largest absolute Gasteiger partial charge is 0.378 e. The van der Waals surface area contributed by atoms with Crippen molar-refractivity contribution in [3.8, 4) is 11.4 Å². The number of hydrogen-bond donors (Lipinski definition) is 0. The molecule has 0 radical (unpaired) electrons. The van der Waals surface area contributed by atoms with E-state index in [1.165, 1.54) is 11.8 Å². The summed E-state index contributed by atoms with van der Waals surface area (Å²) in [4.78, 5) is 19.6. The molecule has 154 valence electrons. The van der Waals surface area contributed by atoms with Crippen molar-refractivity contribution in [2.24, 2.45) is 0 Å². The summed E-state index contributed by atoms with van der Waals surface area (Å²) in [6.07, 6.45) is 5.77. The Kier molecular flexibility index (Phi) is 5.50. The minimum atomic E-state index is -0.368. The Hall–Kier alpha value is -2.71. The van der Waals surface area contributed by atoms with Gasteiger partial charge in [-0.3, -0.25) is 14.3 Å². The lowest BCUT2D eigenvalue weighted by Gasteiger charge is -2.30. The number of ether oxygens (including phenoxy) is 1. The molecule has 1 saturated carbocycles. The first kappa shape index (κ1) is 19.3. The van der Waals surface area contributed by atoms with E-state index in [9.17, 15) is 4.79 Å². The molecule has 0 spiro atoms. The lowest BCUT2D eigenvalue weighted by Crippen LogP contribution is -2.42. The SMILES string of the molecule is O=C([C@H](Sc1nnc(-c2cccnc2)n1C1CC1)c1ccccc1)N1CCOCC1. The fourth-order valence-electron chi connectivity index (χ4n) is 3.65. The predicted octanol–water partition coefficient (Wildman–Crippen LogP) is 3.37. The lowest BCUT2D eigenvalue weighted by atomic mass is 10.1. The molecule has 1 aliphatic heterocycles. The normalized spacial score (nSPS) is 17.7. The number of pyridine rings is 1. The van der Waals surface area contributed by atoms with Crippen molar-refractivity contribution in [2.45, 2.75) is 29.3 Å². The fourth-order valence-corrected chi connectivity index (χ4v) is 4.85. The maximum atomic E-state index is 13.5. The molecule has 7 nitrogen and oxygen atoms in total. The molecule has 2 fully saturated rings. The van der Waals surface area contributed by atoms with Gasteiger partial charge < -0.3 is 9.64 Å². The van der Waals surface area contributed by atoms with Gasteiger partial charge in [0.2, 0.25) is 5.91 Å². The van der Waals surface area contributed by atoms with Crippen LogP contribution in [0.2, 0.25) is 0 Å². The molecule has 5 rings (SSSR count). The van der Waals surface area contributed by atoms with Crippen LogP contribution >= 0.6 is 11.8 Å². The quantitative estimate of drug-likeness (QED) is 0.568. The second-order valence-electron chi connectivity index (χ2n) is 7.50. The minimum Gasteiger partial charge on any atom is -0.378 e. The number of aromatic nitrogens is 4. The van der Waals surface area contributed by atoms with Crippen LogP contribution in [-0.4, -0.2) is 56.9 Å². The van der Waals surface area contributed by atoms with E-state index in [1.54, 1.807) is 6.20 Å². The molecule has 0 bridgehead atoms. The molecule has 1 atom stereocenters. The van der Waals surface area contributed by atoms with E-state index in [4.69, 9.17) is 4.74 Å². The third-order valence-electron chi connectivity index (χ3n) is 5.37. The number of carbonyl (C=O) groups is 1. The van der Waals surface area contributed by atoms with Gasteiger partial charge in [0.1, 0.15) is 5.25 Å². The minimum absolute atomic E-state index is 0.0998. The van der Waals surface area contributed by atoms with Gasteiger partial charge in [-0.2, -0.15) is 0 Å². The molecule has 2 aromatic heterocycles. The van der Waals surface area contributed by atoms with Crippen LogP contribution in [-0.2, 0) is 9.53 Å². The molecule has 0 N–H and O–H groups in total. The van der Waals surface area contributed by atoms with E-state index in [0.717, 1.165) is 34.9 Å². The van der Waals surface area contributed by atoms with Gasteiger partial charge in [0.15, 0.2) is 11.0 Å². The van der Waals surface area contributed by atoms with Gasteiger partial charge in [-0.1, -0.05) is 42.1 Å². The summed E-state index contributed by atoms with van der Waals surface area (Å²) < 4.78 is 7.62. The first-order valence-corrected chi connectivity index (χ1v) is 11.1. The molecule has 1 aliphatic carbocycles. The van der Waals surface area contributed by atoms with Crippen molar-refractivity contribution in [1.29, 1.82) is 0 Å². The molecule has 1 saturated heterocycles. The number of hydrogen-bond acceptors (Lipinski definition) is 6. The van der Waals surface area contributed by atoms with Crippen molar-refractivity contribution in [3.63, 3.8) is 0 Å². The highest BCUT2D eigenvalue weighted by molar-refractivity contribution is 8.00. The van der Waals surface area contributed by atoms with Crippen LogP contribution in [0.15, 0.2) is 60.0 Å². The number of nitrogens with zero attached hydrogens (tertiary/aromatic N) is 5. The summed E-state index contributed by atoms with van der Waals surface area (Å²) >= 11 is 1.49. The molecule has 0 unspecified atom stereocenters.